The molecule has 1 aliphatic heterocycles. The lowest BCUT2D eigenvalue weighted by Gasteiger charge is -2.37. The number of carboxylic acid groups (broad SMARTS) is 1. The summed E-state index contributed by atoms with van der Waals surface area (Å²) in [5, 5.41) is 17.6. The second kappa shape index (κ2) is 10.0. The molecule has 0 bridgehead atoms. The van der Waals surface area contributed by atoms with Crippen LogP contribution in [0, 0.1) is 19.8 Å². The Kier molecular flexibility index (Phi) is 7.97. The molecule has 1 fully saturated rings. The average molecular weight is 431 g/mol. The van der Waals surface area contributed by atoms with Gasteiger partial charge in [0.15, 0.2) is 0 Å². The van der Waals surface area contributed by atoms with E-state index < -0.39 is 12.1 Å². The summed E-state index contributed by atoms with van der Waals surface area (Å²) in [6.07, 6.45) is -2.66. The Morgan fingerprint density at radius 3 is 2.55 bits per heavy atom. The van der Waals surface area contributed by atoms with Crippen LogP contribution in [-0.4, -0.2) is 53.8 Å². The number of ether oxygens (including phenoxy) is 1. The van der Waals surface area contributed by atoms with E-state index in [2.05, 4.69) is 46.3 Å². The maximum atomic E-state index is 10.6. The van der Waals surface area contributed by atoms with Crippen molar-refractivity contribution in [3.63, 3.8) is 0 Å². The maximum Gasteiger partial charge on any atom is 0.490 e. The highest BCUT2D eigenvalue weighted by atomic mass is 32.1. The number of benzene rings is 1. The number of aryl methyl sites for hydroxylation is 2. The predicted octanol–water partition coefficient (Wildman–Crippen LogP) is 3.87. The van der Waals surface area contributed by atoms with E-state index in [0.29, 0.717) is 12.0 Å². The van der Waals surface area contributed by atoms with E-state index in [-0.39, 0.29) is 0 Å². The van der Waals surface area contributed by atoms with Crippen LogP contribution >= 0.6 is 11.3 Å². The van der Waals surface area contributed by atoms with Crippen molar-refractivity contribution in [2.24, 2.45) is 5.92 Å². The number of piperidine rings is 1. The summed E-state index contributed by atoms with van der Waals surface area (Å²) in [6.45, 7) is 6.14. The van der Waals surface area contributed by atoms with E-state index in [4.69, 9.17) is 14.6 Å². The fraction of sp³-hybridized carbons (Fsp3) is 0.526. The standard InChI is InChI=1S/C17H23N3OS.C2HF3O2/c1-12-5-4-6-14(9-12)10-15-11-20(8-7-16(15)21-3)17-19-18-13(2)22-17;3-2(4,5)1(6)7/h4-6,9,15-16H,7-8,10-11H2,1-3H3;(H,6,7)/t15-,16+;/m0./s1. The summed E-state index contributed by atoms with van der Waals surface area (Å²) in [7, 11) is 1.83. The third-order valence-electron chi connectivity index (χ3n) is 4.58. The molecule has 1 aliphatic rings. The fourth-order valence-corrected chi connectivity index (χ4v) is 3.97. The SMILES string of the molecule is CO[C@@H]1CCN(c2nnc(C)s2)C[C@@H]1Cc1cccc(C)c1.O=C(O)C(F)(F)F. The van der Waals surface area contributed by atoms with Crippen LogP contribution in [0.2, 0.25) is 0 Å². The van der Waals surface area contributed by atoms with Crippen LogP contribution in [0.4, 0.5) is 18.3 Å². The van der Waals surface area contributed by atoms with Gasteiger partial charge in [-0.2, -0.15) is 13.2 Å². The first-order valence-corrected chi connectivity index (χ1v) is 9.85. The Morgan fingerprint density at radius 1 is 1.34 bits per heavy atom. The molecular formula is C19H24F3N3O3S. The summed E-state index contributed by atoms with van der Waals surface area (Å²) in [6, 6.07) is 8.78. The number of nitrogens with zero attached hydrogens (tertiary/aromatic N) is 3. The highest BCUT2D eigenvalue weighted by Crippen LogP contribution is 2.29. The number of anilines is 1. The zero-order chi connectivity index (χ0) is 21.6. The highest BCUT2D eigenvalue weighted by molar-refractivity contribution is 7.15. The molecule has 6 nitrogen and oxygen atoms in total. The van der Waals surface area contributed by atoms with Crippen LogP contribution < -0.4 is 4.90 Å². The van der Waals surface area contributed by atoms with Crippen LogP contribution in [0.15, 0.2) is 24.3 Å². The highest BCUT2D eigenvalue weighted by Gasteiger charge is 2.38. The van der Waals surface area contributed by atoms with Crippen LogP contribution in [0.3, 0.4) is 0 Å². The van der Waals surface area contributed by atoms with E-state index in [9.17, 15) is 13.2 Å². The summed E-state index contributed by atoms with van der Waals surface area (Å²) in [4.78, 5) is 11.3. The molecular weight excluding hydrogens is 407 g/mol. The van der Waals surface area contributed by atoms with E-state index >= 15 is 0 Å². The predicted molar refractivity (Wildman–Crippen MR) is 104 cm³/mol. The van der Waals surface area contributed by atoms with Crippen molar-refractivity contribution >= 4 is 22.4 Å². The third-order valence-corrected chi connectivity index (χ3v) is 5.48. The summed E-state index contributed by atoms with van der Waals surface area (Å²) < 4.78 is 37.5. The normalized spacial score (nSPS) is 19.4. The summed E-state index contributed by atoms with van der Waals surface area (Å²) in [5.41, 5.74) is 2.71. The van der Waals surface area contributed by atoms with Crippen molar-refractivity contribution < 1.29 is 27.8 Å². The molecule has 0 saturated carbocycles. The number of carboxylic acids is 1. The molecule has 0 radical (unpaired) electrons. The van der Waals surface area contributed by atoms with Crippen molar-refractivity contribution in [2.75, 3.05) is 25.1 Å². The Labute approximate surface area is 171 Å². The number of alkyl halides is 3. The van der Waals surface area contributed by atoms with E-state index in [1.165, 1.54) is 11.1 Å². The van der Waals surface area contributed by atoms with Crippen LogP contribution in [0.5, 0.6) is 0 Å². The number of carbonyl (C=O) groups is 1. The van der Waals surface area contributed by atoms with Gasteiger partial charge in [-0.3, -0.25) is 0 Å². The van der Waals surface area contributed by atoms with Crippen molar-refractivity contribution in [2.45, 2.75) is 39.0 Å². The molecule has 29 heavy (non-hydrogen) atoms. The van der Waals surface area contributed by atoms with Gasteiger partial charge in [0.2, 0.25) is 5.13 Å². The van der Waals surface area contributed by atoms with Gasteiger partial charge < -0.3 is 14.7 Å². The van der Waals surface area contributed by atoms with E-state index in [1.807, 2.05) is 14.0 Å². The second-order valence-electron chi connectivity index (χ2n) is 6.87. The molecule has 1 saturated heterocycles. The Hall–Kier alpha value is -2.20. The minimum Gasteiger partial charge on any atom is -0.475 e. The number of hydrogen-bond donors (Lipinski definition) is 1. The van der Waals surface area contributed by atoms with E-state index in [1.54, 1.807) is 11.3 Å². The van der Waals surface area contributed by atoms with Gasteiger partial charge in [0.1, 0.15) is 5.01 Å². The quantitative estimate of drug-likeness (QED) is 0.792. The lowest BCUT2D eigenvalue weighted by atomic mass is 9.88. The molecule has 1 aromatic heterocycles. The molecule has 2 aromatic rings. The van der Waals surface area contributed by atoms with Gasteiger partial charge in [0.25, 0.3) is 0 Å². The lowest BCUT2D eigenvalue weighted by Crippen LogP contribution is -2.45. The zero-order valence-electron chi connectivity index (χ0n) is 16.4. The molecule has 160 valence electrons. The first-order chi connectivity index (χ1) is 13.6. The fourth-order valence-electron chi connectivity index (χ4n) is 3.25. The number of rotatable bonds is 4. The van der Waals surface area contributed by atoms with Gasteiger partial charge >= 0.3 is 12.1 Å². The number of hydrogen-bond acceptors (Lipinski definition) is 6. The second-order valence-corrected chi connectivity index (χ2v) is 8.03. The molecule has 0 amide bonds. The van der Waals surface area contributed by atoms with Crippen LogP contribution in [0.1, 0.15) is 22.6 Å². The molecule has 10 heteroatoms. The van der Waals surface area contributed by atoms with Gasteiger partial charge in [0.05, 0.1) is 6.10 Å². The van der Waals surface area contributed by atoms with Crippen molar-refractivity contribution in [1.29, 1.82) is 0 Å². The monoisotopic (exact) mass is 431 g/mol. The number of methoxy groups -OCH3 is 1. The Bertz CT molecular complexity index is 813. The topological polar surface area (TPSA) is 75.5 Å². The van der Waals surface area contributed by atoms with Gasteiger partial charge in [0, 0.05) is 26.1 Å². The van der Waals surface area contributed by atoms with Gasteiger partial charge in [-0.15, -0.1) is 10.2 Å². The lowest BCUT2D eigenvalue weighted by molar-refractivity contribution is -0.192. The van der Waals surface area contributed by atoms with Crippen molar-refractivity contribution in [3.8, 4) is 0 Å². The molecule has 0 unspecified atom stereocenters. The average Bonchev–Trinajstić information content (AvgIpc) is 3.08. The van der Waals surface area contributed by atoms with Crippen LogP contribution in [-0.2, 0) is 16.0 Å². The smallest absolute Gasteiger partial charge is 0.475 e. The third kappa shape index (κ3) is 6.97. The number of aliphatic carboxylic acids is 1. The molecule has 0 aliphatic carbocycles. The Balaban J connectivity index is 0.000000370. The van der Waals surface area contributed by atoms with Gasteiger partial charge in [-0.05, 0) is 32.3 Å². The molecule has 3 rings (SSSR count). The minimum absolute atomic E-state index is 0.325. The Morgan fingerprint density at radius 2 is 2.03 bits per heavy atom. The zero-order valence-corrected chi connectivity index (χ0v) is 17.3. The van der Waals surface area contributed by atoms with Crippen molar-refractivity contribution in [3.05, 3.63) is 40.4 Å². The summed E-state index contributed by atoms with van der Waals surface area (Å²) in [5.74, 6) is -2.27. The minimum atomic E-state index is -5.08. The first kappa shape index (κ1) is 23.1. The number of aromatic nitrogens is 2. The largest absolute Gasteiger partial charge is 0.490 e. The van der Waals surface area contributed by atoms with Gasteiger partial charge in [-0.1, -0.05) is 41.2 Å². The summed E-state index contributed by atoms with van der Waals surface area (Å²) >= 11 is 1.68. The van der Waals surface area contributed by atoms with Crippen molar-refractivity contribution in [1.82, 2.24) is 10.2 Å². The molecule has 2 heterocycles. The molecule has 0 spiro atoms. The first-order valence-electron chi connectivity index (χ1n) is 9.03. The van der Waals surface area contributed by atoms with Gasteiger partial charge in [-0.25, -0.2) is 4.79 Å². The number of halogens is 3. The maximum absolute atomic E-state index is 10.6. The van der Waals surface area contributed by atoms with E-state index in [0.717, 1.165) is 36.1 Å². The molecule has 1 aromatic carbocycles. The van der Waals surface area contributed by atoms with Crippen LogP contribution in [0.25, 0.3) is 0 Å². The molecule has 1 N–H and O–H groups in total. The molecule has 2 atom stereocenters.